The Hall–Kier alpha value is -3.52. The maximum Gasteiger partial charge on any atom is 0.547 e. The first-order valence-electron chi connectivity index (χ1n) is 10.1. The highest BCUT2D eigenvalue weighted by atomic mass is 16.5. The van der Waals surface area contributed by atoms with Crippen molar-refractivity contribution in [2.45, 2.75) is 37.8 Å². The van der Waals surface area contributed by atoms with Crippen molar-refractivity contribution in [1.82, 2.24) is 36.2 Å². The normalized spacial score (nSPS) is 19.7. The minimum Gasteiger partial charge on any atom is -0.534 e. The van der Waals surface area contributed by atoms with Gasteiger partial charge < -0.3 is 30.7 Å². The van der Waals surface area contributed by atoms with Crippen LogP contribution in [0, 0.1) is 0 Å². The first kappa shape index (κ1) is 21.7. The summed E-state index contributed by atoms with van der Waals surface area (Å²) in [7, 11) is -1.42. The predicted molar refractivity (Wildman–Crippen MR) is 109 cm³/mol. The fourth-order valence-electron chi connectivity index (χ4n) is 3.78. The summed E-state index contributed by atoms with van der Waals surface area (Å²) in [6.45, 7) is 1.44. The minimum absolute atomic E-state index is 0.0582. The molecule has 0 radical (unpaired) electrons. The van der Waals surface area contributed by atoms with E-state index in [2.05, 4.69) is 31.5 Å². The zero-order valence-electron chi connectivity index (χ0n) is 17.0. The number of carboxylic acids is 1. The monoisotopic (exact) mass is 443 g/mol. The van der Waals surface area contributed by atoms with E-state index < -0.39 is 24.9 Å². The number of aromatic nitrogens is 4. The smallest absolute Gasteiger partial charge is 0.534 e. The number of para-hydroxylation sites is 1. The molecule has 1 aromatic heterocycles. The van der Waals surface area contributed by atoms with E-state index in [1.54, 1.807) is 12.1 Å². The van der Waals surface area contributed by atoms with Crippen molar-refractivity contribution in [3.05, 3.63) is 35.2 Å². The molecule has 0 spiro atoms. The average Bonchev–Trinajstić information content (AvgIpc) is 3.40. The molecule has 13 nitrogen and oxygen atoms in total. The zero-order valence-corrected chi connectivity index (χ0v) is 17.0. The summed E-state index contributed by atoms with van der Waals surface area (Å²) < 4.78 is 6.62. The summed E-state index contributed by atoms with van der Waals surface area (Å²) in [5.41, 5.74) is 0.501. The Morgan fingerprint density at radius 1 is 1.28 bits per heavy atom. The van der Waals surface area contributed by atoms with E-state index in [0.29, 0.717) is 12.1 Å². The molecule has 3 heterocycles. The van der Waals surface area contributed by atoms with Crippen LogP contribution in [0.1, 0.15) is 28.2 Å². The lowest BCUT2D eigenvalue weighted by Gasteiger charge is -2.28. The van der Waals surface area contributed by atoms with Crippen molar-refractivity contribution in [2.24, 2.45) is 0 Å². The van der Waals surface area contributed by atoms with E-state index in [-0.39, 0.29) is 48.5 Å². The van der Waals surface area contributed by atoms with Crippen LogP contribution in [0.4, 0.5) is 0 Å². The number of rotatable bonds is 7. The van der Waals surface area contributed by atoms with Gasteiger partial charge in [-0.3, -0.25) is 9.59 Å². The molecule has 1 aromatic carbocycles. The molecule has 168 valence electrons. The number of carbonyl (C=O) groups excluding carboxylic acids is 2. The Labute approximate surface area is 182 Å². The third-order valence-corrected chi connectivity index (χ3v) is 5.34. The van der Waals surface area contributed by atoms with Crippen LogP contribution in [0.2, 0.25) is 0 Å². The Morgan fingerprint density at radius 3 is 2.88 bits per heavy atom. The van der Waals surface area contributed by atoms with Crippen LogP contribution in [0.15, 0.2) is 18.2 Å². The van der Waals surface area contributed by atoms with Crippen LogP contribution in [0.5, 0.6) is 5.75 Å². The number of hydrogen-bond donors (Lipinski definition) is 5. The summed E-state index contributed by atoms with van der Waals surface area (Å²) in [6.07, 6.45) is 0.822. The van der Waals surface area contributed by atoms with Gasteiger partial charge in [0, 0.05) is 12.6 Å². The van der Waals surface area contributed by atoms with E-state index >= 15 is 0 Å². The number of tetrazole rings is 1. The molecule has 2 aliphatic heterocycles. The molecule has 5 N–H and O–H groups in total. The number of amides is 2. The number of carboxylic acid groups (broad SMARTS) is 1. The minimum atomic E-state index is -1.42. The van der Waals surface area contributed by atoms with Gasteiger partial charge in [0.25, 0.3) is 0 Å². The van der Waals surface area contributed by atoms with Crippen LogP contribution >= 0.6 is 0 Å². The topological polar surface area (TPSA) is 181 Å². The Balaban J connectivity index is 1.35. The second kappa shape index (κ2) is 9.32. The summed E-state index contributed by atoms with van der Waals surface area (Å²) in [5.74, 6) is -2.41. The van der Waals surface area contributed by atoms with Gasteiger partial charge in [0.1, 0.15) is 12.3 Å². The second-order valence-electron chi connectivity index (χ2n) is 7.67. The van der Waals surface area contributed by atoms with Gasteiger partial charge in [-0.25, -0.2) is 9.48 Å². The van der Waals surface area contributed by atoms with Gasteiger partial charge in [-0.2, -0.15) is 0 Å². The summed E-state index contributed by atoms with van der Waals surface area (Å²) >= 11 is 0. The molecule has 1 fully saturated rings. The fourth-order valence-corrected chi connectivity index (χ4v) is 3.78. The fraction of sp³-hybridized carbons (Fsp3) is 0.444. The third-order valence-electron chi connectivity index (χ3n) is 5.34. The van der Waals surface area contributed by atoms with Crippen LogP contribution < -0.4 is 20.6 Å². The van der Waals surface area contributed by atoms with Crippen LogP contribution in [0.25, 0.3) is 0 Å². The van der Waals surface area contributed by atoms with Crippen molar-refractivity contribution in [3.8, 4) is 5.75 Å². The van der Waals surface area contributed by atoms with E-state index in [9.17, 15) is 24.5 Å². The Kier molecular flexibility index (Phi) is 6.32. The molecule has 32 heavy (non-hydrogen) atoms. The maximum atomic E-state index is 12.5. The van der Waals surface area contributed by atoms with Gasteiger partial charge in [0.15, 0.2) is 5.82 Å². The van der Waals surface area contributed by atoms with Crippen LogP contribution in [-0.2, 0) is 29.0 Å². The van der Waals surface area contributed by atoms with Crippen molar-refractivity contribution < 1.29 is 29.2 Å². The molecule has 2 aromatic rings. The Morgan fingerprint density at radius 2 is 2.12 bits per heavy atom. The molecule has 2 amide bonds. The highest BCUT2D eigenvalue weighted by Crippen LogP contribution is 2.30. The number of nitrogens with one attached hydrogen (secondary N) is 3. The third kappa shape index (κ3) is 4.86. The van der Waals surface area contributed by atoms with E-state index in [1.165, 1.54) is 10.7 Å². The number of nitrogens with zero attached hydrogens (tertiary/aromatic N) is 4. The molecule has 0 bridgehead atoms. The largest absolute Gasteiger partial charge is 0.547 e. The van der Waals surface area contributed by atoms with Gasteiger partial charge in [-0.1, -0.05) is 12.1 Å². The standard InChI is InChI=1S/C18H22BN7O6/c27-15(7-14-23-24-25-26(14)9-16(28)21-11-4-5-20-8-11)22-13-6-10-2-1-3-12(18(29)30)17(10)32-19(13)31/h1-3,11,13,20,31H,4-9H2,(H,21,28)(H,22,27)(H,29,30). The van der Waals surface area contributed by atoms with Crippen molar-refractivity contribution >= 4 is 24.9 Å². The number of aromatic carboxylic acids is 1. The van der Waals surface area contributed by atoms with Gasteiger partial charge in [-0.05, 0) is 41.4 Å². The van der Waals surface area contributed by atoms with Gasteiger partial charge in [0.05, 0.1) is 17.9 Å². The predicted octanol–water partition coefficient (Wildman–Crippen LogP) is -2.47. The van der Waals surface area contributed by atoms with Gasteiger partial charge >= 0.3 is 13.1 Å². The molecular weight excluding hydrogens is 421 g/mol. The summed E-state index contributed by atoms with van der Waals surface area (Å²) in [6, 6.07) is 4.68. The highest BCUT2D eigenvalue weighted by molar-refractivity contribution is 6.47. The molecule has 1 saturated heterocycles. The Bertz CT molecular complexity index is 1020. The van der Waals surface area contributed by atoms with E-state index in [1.807, 2.05) is 0 Å². The average molecular weight is 443 g/mol. The molecular formula is C18H22BN7O6. The van der Waals surface area contributed by atoms with Crippen LogP contribution in [-0.4, -0.2) is 80.3 Å². The van der Waals surface area contributed by atoms with Crippen molar-refractivity contribution in [1.29, 1.82) is 0 Å². The highest BCUT2D eigenvalue weighted by Gasteiger charge is 2.37. The lowest BCUT2D eigenvalue weighted by atomic mass is 9.72. The molecule has 0 saturated carbocycles. The number of carbonyl (C=O) groups is 3. The SMILES string of the molecule is O=C(Cn1nnnc1CC(=O)NC1Cc2cccc(C(=O)O)c2OB1O)NC1CCNC1. The van der Waals surface area contributed by atoms with Crippen molar-refractivity contribution in [2.75, 3.05) is 13.1 Å². The quantitative estimate of drug-likeness (QED) is 0.288. The molecule has 2 atom stereocenters. The number of hydrogen-bond acceptors (Lipinski definition) is 9. The molecule has 14 heteroatoms. The van der Waals surface area contributed by atoms with Gasteiger partial charge in [-0.15, -0.1) is 5.10 Å². The zero-order chi connectivity index (χ0) is 22.7. The molecule has 4 rings (SSSR count). The van der Waals surface area contributed by atoms with Crippen molar-refractivity contribution in [3.63, 3.8) is 0 Å². The first-order valence-corrected chi connectivity index (χ1v) is 10.1. The summed E-state index contributed by atoms with van der Waals surface area (Å²) in [4.78, 5) is 36.1. The lowest BCUT2D eigenvalue weighted by molar-refractivity contribution is -0.123. The lowest BCUT2D eigenvalue weighted by Crippen LogP contribution is -2.53. The summed E-state index contributed by atoms with van der Waals surface area (Å²) in [5, 5.41) is 39.4. The van der Waals surface area contributed by atoms with Gasteiger partial charge in [0.2, 0.25) is 11.8 Å². The van der Waals surface area contributed by atoms with E-state index in [0.717, 1.165) is 13.0 Å². The molecule has 2 aliphatic rings. The maximum absolute atomic E-state index is 12.5. The number of benzene rings is 1. The second-order valence-corrected chi connectivity index (χ2v) is 7.67. The van der Waals surface area contributed by atoms with E-state index in [4.69, 9.17) is 4.65 Å². The first-order chi connectivity index (χ1) is 15.4. The molecule has 2 unspecified atom stereocenters. The molecule has 0 aliphatic carbocycles. The van der Waals surface area contributed by atoms with Crippen LogP contribution in [0.3, 0.4) is 0 Å². The number of fused-ring (bicyclic) bond motifs is 1.